The van der Waals surface area contributed by atoms with E-state index in [9.17, 15) is 14.0 Å². The Morgan fingerprint density at radius 2 is 1.89 bits per heavy atom. The first-order valence-corrected chi connectivity index (χ1v) is 11.3. The van der Waals surface area contributed by atoms with Gasteiger partial charge in [-0.05, 0) is 77.5 Å². The van der Waals surface area contributed by atoms with Gasteiger partial charge in [-0.2, -0.15) is 0 Å². The molecule has 1 fully saturated rings. The van der Waals surface area contributed by atoms with Crippen molar-refractivity contribution in [1.29, 1.82) is 0 Å². The molecule has 0 aliphatic carbocycles. The van der Waals surface area contributed by atoms with Crippen molar-refractivity contribution in [1.82, 2.24) is 4.90 Å². The van der Waals surface area contributed by atoms with E-state index in [0.29, 0.717) is 32.8 Å². The van der Waals surface area contributed by atoms with E-state index in [1.54, 1.807) is 55.6 Å². The number of carboxylic acids is 1. The SMILES string of the molecule is COc1cc(/C=C2\SC(=Nc3ccc(C(=O)O)cc3)N(C)C2=O)ccc1OCc1cccc(F)c1. The lowest BCUT2D eigenvalue weighted by Crippen LogP contribution is -2.23. The number of halogens is 1. The van der Waals surface area contributed by atoms with E-state index in [1.165, 1.54) is 48.0 Å². The molecule has 0 spiro atoms. The smallest absolute Gasteiger partial charge is 0.335 e. The standard InChI is InChI=1S/C26H21FN2O5S/c1-29-24(30)23(35-26(29)28-20-9-7-18(8-10-20)25(31)32)14-16-6-11-21(22(13-16)33-2)34-15-17-4-3-5-19(27)12-17/h3-14H,15H2,1-2H3,(H,31,32)/b23-14-,28-26?. The Labute approximate surface area is 205 Å². The highest BCUT2D eigenvalue weighted by atomic mass is 32.2. The number of aliphatic imine (C=N–C) groups is 1. The number of methoxy groups -OCH3 is 1. The van der Waals surface area contributed by atoms with E-state index in [1.807, 2.05) is 0 Å². The summed E-state index contributed by atoms with van der Waals surface area (Å²) in [6.45, 7) is 0.182. The molecule has 0 unspecified atom stereocenters. The maximum atomic E-state index is 13.4. The normalized spacial score (nSPS) is 15.6. The van der Waals surface area contributed by atoms with Crippen molar-refractivity contribution in [3.05, 3.63) is 94.1 Å². The molecule has 1 heterocycles. The third-order valence-corrected chi connectivity index (χ3v) is 6.17. The van der Waals surface area contributed by atoms with Gasteiger partial charge < -0.3 is 14.6 Å². The van der Waals surface area contributed by atoms with Crippen LogP contribution >= 0.6 is 11.8 Å². The number of likely N-dealkylation sites (N-methyl/N-ethyl adjacent to an activating group) is 1. The highest BCUT2D eigenvalue weighted by Gasteiger charge is 2.30. The summed E-state index contributed by atoms with van der Waals surface area (Å²) >= 11 is 1.22. The molecule has 1 aliphatic rings. The summed E-state index contributed by atoms with van der Waals surface area (Å²) in [4.78, 5) is 30.2. The number of amides is 1. The molecule has 178 valence electrons. The van der Waals surface area contributed by atoms with Crippen molar-refractivity contribution in [2.75, 3.05) is 14.2 Å². The van der Waals surface area contributed by atoms with E-state index in [2.05, 4.69) is 4.99 Å². The molecule has 0 bridgehead atoms. The minimum Gasteiger partial charge on any atom is -0.493 e. The molecule has 0 saturated carbocycles. The number of amidine groups is 1. The fourth-order valence-electron chi connectivity index (χ4n) is 3.27. The lowest BCUT2D eigenvalue weighted by Gasteiger charge is -2.11. The van der Waals surface area contributed by atoms with E-state index >= 15 is 0 Å². The Bertz CT molecular complexity index is 1340. The predicted molar refractivity (Wildman–Crippen MR) is 133 cm³/mol. The summed E-state index contributed by atoms with van der Waals surface area (Å²) in [7, 11) is 3.15. The number of hydrogen-bond acceptors (Lipinski definition) is 6. The topological polar surface area (TPSA) is 88.4 Å². The first-order chi connectivity index (χ1) is 16.8. The second-order valence-corrected chi connectivity index (χ2v) is 8.56. The molecular weight excluding hydrogens is 471 g/mol. The van der Waals surface area contributed by atoms with Gasteiger partial charge in [-0.3, -0.25) is 9.69 Å². The van der Waals surface area contributed by atoms with Crippen LogP contribution in [0.2, 0.25) is 0 Å². The van der Waals surface area contributed by atoms with Gasteiger partial charge in [0.05, 0.1) is 23.3 Å². The van der Waals surface area contributed by atoms with Crippen molar-refractivity contribution in [2.24, 2.45) is 4.99 Å². The number of nitrogens with zero attached hydrogens (tertiary/aromatic N) is 2. The van der Waals surface area contributed by atoms with E-state index < -0.39 is 5.97 Å². The van der Waals surface area contributed by atoms with Gasteiger partial charge >= 0.3 is 5.97 Å². The average molecular weight is 493 g/mol. The highest BCUT2D eigenvalue weighted by molar-refractivity contribution is 8.18. The monoisotopic (exact) mass is 492 g/mol. The van der Waals surface area contributed by atoms with E-state index in [-0.39, 0.29) is 23.9 Å². The number of carbonyl (C=O) groups excluding carboxylic acids is 1. The van der Waals surface area contributed by atoms with Crippen LogP contribution in [0.3, 0.4) is 0 Å². The Balaban J connectivity index is 1.51. The lowest BCUT2D eigenvalue weighted by molar-refractivity contribution is -0.121. The van der Waals surface area contributed by atoms with Crippen molar-refractivity contribution in [2.45, 2.75) is 6.61 Å². The molecule has 3 aromatic rings. The number of hydrogen-bond donors (Lipinski definition) is 1. The summed E-state index contributed by atoms with van der Waals surface area (Å²) in [6.07, 6.45) is 1.73. The second kappa shape index (κ2) is 10.4. The van der Waals surface area contributed by atoms with Gasteiger partial charge in [0.2, 0.25) is 0 Å². The molecule has 1 amide bonds. The summed E-state index contributed by atoms with van der Waals surface area (Å²) in [5, 5.41) is 9.51. The van der Waals surface area contributed by atoms with Crippen LogP contribution in [-0.2, 0) is 11.4 Å². The zero-order valence-electron chi connectivity index (χ0n) is 18.9. The number of aromatic carboxylic acids is 1. The number of carbonyl (C=O) groups is 2. The van der Waals surface area contributed by atoms with Crippen molar-refractivity contribution < 1.29 is 28.6 Å². The quantitative estimate of drug-likeness (QED) is 0.448. The lowest BCUT2D eigenvalue weighted by atomic mass is 10.1. The molecule has 9 heteroatoms. The zero-order valence-corrected chi connectivity index (χ0v) is 19.7. The molecule has 0 atom stereocenters. The van der Waals surface area contributed by atoms with Gasteiger partial charge in [0, 0.05) is 7.05 Å². The minimum absolute atomic E-state index is 0.162. The minimum atomic E-state index is -1.02. The van der Waals surface area contributed by atoms with E-state index in [0.717, 1.165) is 5.56 Å². The Kier molecular flexibility index (Phi) is 7.17. The Hall–Kier alpha value is -4.11. The molecule has 1 saturated heterocycles. The highest BCUT2D eigenvalue weighted by Crippen LogP contribution is 2.35. The summed E-state index contributed by atoms with van der Waals surface area (Å²) in [6, 6.07) is 17.6. The summed E-state index contributed by atoms with van der Waals surface area (Å²) < 4.78 is 24.6. The summed E-state index contributed by atoms with van der Waals surface area (Å²) in [5.74, 6) is -0.580. The first kappa shape index (κ1) is 24.0. The van der Waals surface area contributed by atoms with Crippen molar-refractivity contribution in [3.8, 4) is 11.5 Å². The molecule has 7 nitrogen and oxygen atoms in total. The molecule has 0 aromatic heterocycles. The fraction of sp³-hybridized carbons (Fsp3) is 0.115. The van der Waals surface area contributed by atoms with Crippen LogP contribution in [0, 0.1) is 5.82 Å². The number of rotatable bonds is 7. The number of ether oxygens (including phenoxy) is 2. The van der Waals surface area contributed by atoms with E-state index in [4.69, 9.17) is 14.6 Å². The van der Waals surface area contributed by atoms with Gasteiger partial charge in [-0.1, -0.05) is 18.2 Å². The Morgan fingerprint density at radius 3 is 2.57 bits per heavy atom. The second-order valence-electron chi connectivity index (χ2n) is 7.55. The third kappa shape index (κ3) is 5.70. The summed E-state index contributed by atoms with van der Waals surface area (Å²) in [5.41, 5.74) is 2.13. The zero-order chi connectivity index (χ0) is 24.9. The van der Waals surface area contributed by atoms with Crippen molar-refractivity contribution in [3.63, 3.8) is 0 Å². The largest absolute Gasteiger partial charge is 0.493 e. The maximum Gasteiger partial charge on any atom is 0.335 e. The number of benzene rings is 3. The van der Waals surface area contributed by atoms with Gasteiger partial charge in [0.25, 0.3) is 5.91 Å². The molecule has 1 aliphatic heterocycles. The Morgan fingerprint density at radius 1 is 1.11 bits per heavy atom. The van der Waals surface area contributed by atoms with Crippen LogP contribution in [0.1, 0.15) is 21.5 Å². The van der Waals surface area contributed by atoms with Crippen LogP contribution in [0.15, 0.2) is 76.6 Å². The molecule has 4 rings (SSSR count). The van der Waals surface area contributed by atoms with Crippen molar-refractivity contribution >= 4 is 40.6 Å². The van der Waals surface area contributed by atoms with Crippen LogP contribution in [0.4, 0.5) is 10.1 Å². The van der Waals surface area contributed by atoms with Gasteiger partial charge in [-0.15, -0.1) is 0 Å². The third-order valence-electron chi connectivity index (χ3n) is 5.11. The fourth-order valence-corrected chi connectivity index (χ4v) is 4.26. The number of thioether (sulfide) groups is 1. The molecule has 1 N–H and O–H groups in total. The van der Waals surface area contributed by atoms with Gasteiger partial charge in [0.15, 0.2) is 16.7 Å². The average Bonchev–Trinajstić information content (AvgIpc) is 3.11. The molecular formula is C26H21FN2O5S. The molecule has 35 heavy (non-hydrogen) atoms. The van der Waals surface area contributed by atoms with Crippen LogP contribution < -0.4 is 9.47 Å². The van der Waals surface area contributed by atoms with Crippen LogP contribution in [0.25, 0.3) is 6.08 Å². The van der Waals surface area contributed by atoms with Crippen LogP contribution in [-0.4, -0.2) is 41.2 Å². The van der Waals surface area contributed by atoms with Gasteiger partial charge in [-0.25, -0.2) is 14.2 Å². The van der Waals surface area contributed by atoms with Gasteiger partial charge in [0.1, 0.15) is 12.4 Å². The predicted octanol–water partition coefficient (Wildman–Crippen LogP) is 5.35. The molecule has 3 aromatic carbocycles. The molecule has 0 radical (unpaired) electrons. The number of carboxylic acid groups (broad SMARTS) is 1. The first-order valence-electron chi connectivity index (χ1n) is 10.5. The van der Waals surface area contributed by atoms with Crippen LogP contribution in [0.5, 0.6) is 11.5 Å². The maximum absolute atomic E-state index is 13.4.